The highest BCUT2D eigenvalue weighted by molar-refractivity contribution is 7.58. The normalized spacial score (nSPS) is 27.0. The molecule has 1 heterocycles. The predicted octanol–water partition coefficient (Wildman–Crippen LogP) is 7.77. The lowest BCUT2D eigenvalue weighted by Crippen LogP contribution is -2.38. The van der Waals surface area contributed by atoms with E-state index in [-0.39, 0.29) is 13.3 Å². The lowest BCUT2D eigenvalue weighted by molar-refractivity contribution is 0.140. The second-order valence-electron chi connectivity index (χ2n) is 8.65. The summed E-state index contributed by atoms with van der Waals surface area (Å²) in [5.41, 5.74) is 3.59. The Morgan fingerprint density at radius 1 is 1.16 bits per heavy atom. The lowest BCUT2D eigenvalue weighted by Gasteiger charge is -2.48. The van der Waals surface area contributed by atoms with Gasteiger partial charge in [0.1, 0.15) is 11.1 Å². The van der Waals surface area contributed by atoms with Crippen LogP contribution in [0.1, 0.15) is 90.4 Å². The lowest BCUT2D eigenvalue weighted by atomic mass is 9.94. The number of hydrogen-bond acceptors (Lipinski definition) is 1. The largest absolute Gasteiger partial charge is 0.483 e. The van der Waals surface area contributed by atoms with Gasteiger partial charge in [0.05, 0.1) is 0 Å². The first-order valence-corrected chi connectivity index (χ1v) is 12.2. The van der Waals surface area contributed by atoms with Gasteiger partial charge in [-0.3, -0.25) is 0 Å². The van der Waals surface area contributed by atoms with E-state index in [2.05, 4.69) is 66.4 Å². The Morgan fingerprint density at radius 3 is 2.48 bits per heavy atom. The average Bonchev–Trinajstić information content (AvgIpc) is 2.55. The van der Waals surface area contributed by atoms with Crippen LogP contribution < -0.4 is 4.74 Å². The molecule has 0 amide bonds. The topological polar surface area (TPSA) is 9.23 Å². The van der Waals surface area contributed by atoms with Crippen LogP contribution in [0.25, 0.3) is 0 Å². The molecule has 4 atom stereocenters. The molecule has 2 heteroatoms. The van der Waals surface area contributed by atoms with Crippen LogP contribution in [-0.2, 0) is 6.42 Å². The number of benzene rings is 1. The quantitative estimate of drug-likeness (QED) is 0.339. The van der Waals surface area contributed by atoms with Crippen LogP contribution in [0.15, 0.2) is 18.2 Å². The first-order chi connectivity index (χ1) is 11.8. The fraction of sp³-hybridized carbons (Fsp3) is 0.739. The highest BCUT2D eigenvalue weighted by Crippen LogP contribution is 2.67. The molecule has 0 aliphatic carbocycles. The predicted molar refractivity (Wildman–Crippen MR) is 113 cm³/mol. The molecule has 0 bridgehead atoms. The third-order valence-corrected chi connectivity index (χ3v) is 9.32. The van der Waals surface area contributed by atoms with E-state index in [1.807, 2.05) is 0 Å². The zero-order valence-corrected chi connectivity index (χ0v) is 18.5. The summed E-state index contributed by atoms with van der Waals surface area (Å²) in [6.07, 6.45) is 7.46. The Labute approximate surface area is 157 Å². The van der Waals surface area contributed by atoms with Gasteiger partial charge in [-0.15, -0.1) is 0 Å². The summed E-state index contributed by atoms with van der Waals surface area (Å²) in [4.78, 5) is 0. The molecule has 0 radical (unpaired) electrons. The molecule has 2 unspecified atom stereocenters. The van der Waals surface area contributed by atoms with Gasteiger partial charge in [0.25, 0.3) is 0 Å². The second-order valence-corrected chi connectivity index (χ2v) is 11.4. The van der Waals surface area contributed by atoms with Crippen LogP contribution in [0, 0.1) is 11.8 Å². The number of aryl methyl sites for hydroxylation is 1. The molecule has 0 saturated heterocycles. The molecule has 1 nitrogen and oxygen atoms in total. The van der Waals surface area contributed by atoms with Gasteiger partial charge >= 0.3 is 0 Å². The standard InChI is InChI=1S/C23H39OP/c1-8-10-11-12-19-13-14-20-21(15-19)24-23(6,16-17(3)4)25(7)22(20)18(5)9-2/h13-15,17-18,22H,8-12,16H2,1-7H3/t18-,22?,23+,25?/m1/s1. The van der Waals surface area contributed by atoms with Gasteiger partial charge in [-0.25, -0.2) is 0 Å². The summed E-state index contributed by atoms with van der Waals surface area (Å²) in [5.74, 6) is 2.57. The van der Waals surface area contributed by atoms with Crippen LogP contribution >= 0.6 is 7.92 Å². The molecule has 1 aliphatic rings. The van der Waals surface area contributed by atoms with Gasteiger partial charge < -0.3 is 4.74 Å². The molecule has 1 aliphatic heterocycles. The summed E-state index contributed by atoms with van der Waals surface area (Å²) in [6, 6.07) is 7.12. The molecule has 142 valence electrons. The molecule has 25 heavy (non-hydrogen) atoms. The molecule has 0 saturated carbocycles. The first kappa shape index (κ1) is 20.8. The Morgan fingerprint density at radius 2 is 1.88 bits per heavy atom. The molecule has 1 aromatic carbocycles. The Hall–Kier alpha value is -0.550. The second kappa shape index (κ2) is 8.90. The van der Waals surface area contributed by atoms with E-state index in [9.17, 15) is 0 Å². The van der Waals surface area contributed by atoms with E-state index >= 15 is 0 Å². The van der Waals surface area contributed by atoms with E-state index < -0.39 is 0 Å². The van der Waals surface area contributed by atoms with Crippen LogP contribution in [0.4, 0.5) is 0 Å². The van der Waals surface area contributed by atoms with E-state index in [4.69, 9.17) is 4.74 Å². The van der Waals surface area contributed by atoms with Gasteiger partial charge in [0, 0.05) is 11.2 Å². The van der Waals surface area contributed by atoms with Crippen molar-refractivity contribution in [2.45, 2.75) is 91.1 Å². The van der Waals surface area contributed by atoms with Crippen LogP contribution in [0.2, 0.25) is 0 Å². The van der Waals surface area contributed by atoms with E-state index in [0.717, 1.165) is 12.3 Å². The number of rotatable bonds is 8. The van der Waals surface area contributed by atoms with Crippen molar-refractivity contribution in [1.82, 2.24) is 0 Å². The maximum atomic E-state index is 6.74. The minimum atomic E-state index is -0.210. The van der Waals surface area contributed by atoms with Gasteiger partial charge in [0.15, 0.2) is 0 Å². The van der Waals surface area contributed by atoms with Crippen molar-refractivity contribution in [3.05, 3.63) is 29.3 Å². The highest BCUT2D eigenvalue weighted by atomic mass is 31.1. The summed E-state index contributed by atoms with van der Waals surface area (Å²) in [5, 5.41) is 0.00659. The maximum Gasteiger partial charge on any atom is 0.125 e. The number of unbranched alkanes of at least 4 members (excludes halogenated alkanes) is 2. The summed E-state index contributed by atoms with van der Waals surface area (Å²) >= 11 is 0. The van der Waals surface area contributed by atoms with Crippen LogP contribution in [0.3, 0.4) is 0 Å². The van der Waals surface area contributed by atoms with Crippen molar-refractivity contribution in [3.8, 4) is 5.75 Å². The van der Waals surface area contributed by atoms with Crippen molar-refractivity contribution in [3.63, 3.8) is 0 Å². The molecule has 2 rings (SSSR count). The van der Waals surface area contributed by atoms with Crippen LogP contribution in [-0.4, -0.2) is 12.0 Å². The first-order valence-electron chi connectivity index (χ1n) is 10.4. The number of ether oxygens (including phenoxy) is 1. The molecule has 0 aromatic heterocycles. The highest BCUT2D eigenvalue weighted by Gasteiger charge is 2.45. The Balaban J connectivity index is 2.37. The van der Waals surface area contributed by atoms with Crippen LogP contribution in [0.5, 0.6) is 5.75 Å². The SMILES string of the molecule is CCCCCc1ccc2c(c1)O[C@](C)(CC(C)C)P(C)C2[C@H](C)CC. The zero-order chi connectivity index (χ0) is 18.6. The third-order valence-electron chi connectivity index (χ3n) is 5.93. The zero-order valence-electron chi connectivity index (χ0n) is 17.6. The average molecular weight is 363 g/mol. The maximum absolute atomic E-state index is 6.74. The summed E-state index contributed by atoms with van der Waals surface area (Å²) < 4.78 is 6.74. The van der Waals surface area contributed by atoms with E-state index in [1.165, 1.54) is 49.0 Å². The molecular formula is C23H39OP. The monoisotopic (exact) mass is 362 g/mol. The molecule has 1 aromatic rings. The number of hydrogen-bond donors (Lipinski definition) is 0. The minimum absolute atomic E-state index is 0.00659. The van der Waals surface area contributed by atoms with Crippen molar-refractivity contribution in [2.24, 2.45) is 11.8 Å². The van der Waals surface area contributed by atoms with E-state index in [0.29, 0.717) is 11.6 Å². The smallest absolute Gasteiger partial charge is 0.125 e. The van der Waals surface area contributed by atoms with Gasteiger partial charge in [0.2, 0.25) is 0 Å². The van der Waals surface area contributed by atoms with Gasteiger partial charge in [-0.1, -0.05) is 73.9 Å². The molecule has 0 spiro atoms. The van der Waals surface area contributed by atoms with E-state index in [1.54, 1.807) is 0 Å². The van der Waals surface area contributed by atoms with Crippen molar-refractivity contribution >= 4 is 7.92 Å². The summed E-state index contributed by atoms with van der Waals surface area (Å²) in [6.45, 7) is 16.5. The molecule has 0 fully saturated rings. The van der Waals surface area contributed by atoms with Crippen molar-refractivity contribution < 1.29 is 4.74 Å². The fourth-order valence-corrected chi connectivity index (χ4v) is 7.40. The molecular weight excluding hydrogens is 323 g/mol. The van der Waals surface area contributed by atoms with Gasteiger partial charge in [-0.2, -0.15) is 0 Å². The third kappa shape index (κ3) is 4.79. The Kier molecular flexibility index (Phi) is 7.39. The van der Waals surface area contributed by atoms with Crippen molar-refractivity contribution in [1.29, 1.82) is 0 Å². The Bertz CT molecular complexity index is 553. The van der Waals surface area contributed by atoms with Gasteiger partial charge in [-0.05, 0) is 56.3 Å². The molecule has 0 N–H and O–H groups in total. The summed E-state index contributed by atoms with van der Waals surface area (Å²) in [7, 11) is -0.210. The minimum Gasteiger partial charge on any atom is -0.483 e. The number of fused-ring (bicyclic) bond motifs is 1. The van der Waals surface area contributed by atoms with Crippen molar-refractivity contribution in [2.75, 3.05) is 6.66 Å². The fourth-order valence-electron chi connectivity index (χ4n) is 4.31.